The summed E-state index contributed by atoms with van der Waals surface area (Å²) < 4.78 is 0. The number of halogens is 1. The topological polar surface area (TPSA) is 23.5 Å². The zero-order valence-corrected chi connectivity index (χ0v) is 10.2. The molecule has 0 aliphatic heterocycles. The van der Waals surface area contributed by atoms with Gasteiger partial charge in [-0.1, -0.05) is 30.4 Å². The Kier molecular flexibility index (Phi) is 5.95. The lowest BCUT2D eigenvalue weighted by Crippen LogP contribution is -2.26. The zero-order valence-electron chi connectivity index (χ0n) is 9.41. The smallest absolute Gasteiger partial charge is 0.0606 e. The third kappa shape index (κ3) is 4.67. The van der Waals surface area contributed by atoms with E-state index >= 15 is 0 Å². The van der Waals surface area contributed by atoms with Crippen LogP contribution in [0.15, 0.2) is 24.3 Å². The standard InChI is InChI=1S/C13H16ClNO/c1-2-15(10-11-16)9-3-4-12-5-7-13(14)8-6-12/h5-8,16H,2,9-11H2,1H3. The Hall–Kier alpha value is -1.01. The van der Waals surface area contributed by atoms with Crippen molar-refractivity contribution in [1.82, 2.24) is 4.90 Å². The van der Waals surface area contributed by atoms with Gasteiger partial charge in [0.1, 0.15) is 0 Å². The Balaban J connectivity index is 2.50. The molecule has 0 saturated carbocycles. The van der Waals surface area contributed by atoms with Crippen LogP contribution in [0.2, 0.25) is 5.02 Å². The molecule has 1 aromatic rings. The van der Waals surface area contributed by atoms with Crippen molar-refractivity contribution in [2.75, 3.05) is 26.2 Å². The third-order valence-corrected chi connectivity index (χ3v) is 2.50. The molecule has 0 fully saturated rings. The molecule has 0 spiro atoms. The van der Waals surface area contributed by atoms with Crippen molar-refractivity contribution in [2.45, 2.75) is 6.92 Å². The van der Waals surface area contributed by atoms with Gasteiger partial charge in [0.25, 0.3) is 0 Å². The van der Waals surface area contributed by atoms with Gasteiger partial charge in [-0.2, -0.15) is 0 Å². The molecule has 0 aliphatic rings. The van der Waals surface area contributed by atoms with Gasteiger partial charge in [-0.15, -0.1) is 0 Å². The lowest BCUT2D eigenvalue weighted by Gasteiger charge is -2.14. The predicted octanol–water partition coefficient (Wildman–Crippen LogP) is 2.01. The fraction of sp³-hybridized carbons (Fsp3) is 0.385. The van der Waals surface area contributed by atoms with Gasteiger partial charge >= 0.3 is 0 Å². The fourth-order valence-electron chi connectivity index (χ4n) is 1.28. The van der Waals surface area contributed by atoms with Gasteiger partial charge in [-0.3, -0.25) is 4.90 Å². The molecule has 1 rings (SSSR count). The van der Waals surface area contributed by atoms with E-state index in [1.165, 1.54) is 0 Å². The molecule has 0 bridgehead atoms. The van der Waals surface area contributed by atoms with Crippen LogP contribution in [0.5, 0.6) is 0 Å². The molecule has 0 aromatic heterocycles. The maximum Gasteiger partial charge on any atom is 0.0606 e. The molecule has 86 valence electrons. The normalized spacial score (nSPS) is 10.0. The first-order valence-electron chi connectivity index (χ1n) is 5.34. The van der Waals surface area contributed by atoms with Crippen LogP contribution < -0.4 is 0 Å². The van der Waals surface area contributed by atoms with E-state index in [-0.39, 0.29) is 6.61 Å². The van der Waals surface area contributed by atoms with Crippen LogP contribution in [-0.4, -0.2) is 36.2 Å². The molecule has 0 atom stereocenters. The summed E-state index contributed by atoms with van der Waals surface area (Å²) in [6.45, 7) is 4.48. The molecule has 1 N–H and O–H groups in total. The maximum atomic E-state index is 8.81. The summed E-state index contributed by atoms with van der Waals surface area (Å²) in [4.78, 5) is 2.09. The Bertz CT molecular complexity index is 364. The Morgan fingerprint density at radius 1 is 1.31 bits per heavy atom. The Labute approximate surface area is 102 Å². The molecule has 0 unspecified atom stereocenters. The second-order valence-electron chi connectivity index (χ2n) is 3.40. The van der Waals surface area contributed by atoms with Crippen molar-refractivity contribution < 1.29 is 5.11 Å². The first-order chi connectivity index (χ1) is 7.76. The van der Waals surface area contributed by atoms with Crippen LogP contribution in [-0.2, 0) is 0 Å². The monoisotopic (exact) mass is 237 g/mol. The number of benzene rings is 1. The summed E-state index contributed by atoms with van der Waals surface area (Å²) in [7, 11) is 0. The van der Waals surface area contributed by atoms with Gasteiger partial charge in [0, 0.05) is 17.1 Å². The first kappa shape index (κ1) is 13.1. The van der Waals surface area contributed by atoms with Crippen LogP contribution in [0.4, 0.5) is 0 Å². The highest BCUT2D eigenvalue weighted by atomic mass is 35.5. The summed E-state index contributed by atoms with van der Waals surface area (Å²) in [5.41, 5.74) is 0.962. The SMILES string of the molecule is CCN(CC#Cc1ccc(Cl)cc1)CCO. The summed E-state index contributed by atoms with van der Waals surface area (Å²) >= 11 is 5.78. The molecule has 1 aromatic carbocycles. The van der Waals surface area contributed by atoms with Gasteiger partial charge in [-0.25, -0.2) is 0 Å². The quantitative estimate of drug-likeness (QED) is 0.810. The van der Waals surface area contributed by atoms with Crippen molar-refractivity contribution >= 4 is 11.6 Å². The lowest BCUT2D eigenvalue weighted by atomic mass is 10.2. The summed E-state index contributed by atoms with van der Waals surface area (Å²) in [6, 6.07) is 7.46. The zero-order chi connectivity index (χ0) is 11.8. The van der Waals surface area contributed by atoms with Gasteiger partial charge in [0.15, 0.2) is 0 Å². The maximum absolute atomic E-state index is 8.81. The van der Waals surface area contributed by atoms with E-state index in [0.717, 1.165) is 17.1 Å². The molecule has 0 aliphatic carbocycles. The van der Waals surface area contributed by atoms with Crippen LogP contribution in [0.25, 0.3) is 0 Å². The van der Waals surface area contributed by atoms with Crippen molar-refractivity contribution in [3.05, 3.63) is 34.9 Å². The van der Waals surface area contributed by atoms with Crippen LogP contribution in [0, 0.1) is 11.8 Å². The Morgan fingerprint density at radius 3 is 2.56 bits per heavy atom. The van der Waals surface area contributed by atoms with E-state index in [1.54, 1.807) is 0 Å². The third-order valence-electron chi connectivity index (χ3n) is 2.24. The van der Waals surface area contributed by atoms with E-state index in [0.29, 0.717) is 13.1 Å². The van der Waals surface area contributed by atoms with E-state index in [1.807, 2.05) is 24.3 Å². The molecular weight excluding hydrogens is 222 g/mol. The number of likely N-dealkylation sites (N-methyl/N-ethyl adjacent to an activating group) is 1. The average molecular weight is 238 g/mol. The van der Waals surface area contributed by atoms with Crippen LogP contribution in [0.3, 0.4) is 0 Å². The number of aliphatic hydroxyl groups is 1. The molecule has 2 nitrogen and oxygen atoms in total. The molecule has 3 heteroatoms. The van der Waals surface area contributed by atoms with Crippen molar-refractivity contribution in [1.29, 1.82) is 0 Å². The predicted molar refractivity (Wildman–Crippen MR) is 67.5 cm³/mol. The lowest BCUT2D eigenvalue weighted by molar-refractivity contribution is 0.216. The number of nitrogens with zero attached hydrogens (tertiary/aromatic N) is 1. The highest BCUT2D eigenvalue weighted by Gasteiger charge is 1.96. The van der Waals surface area contributed by atoms with Crippen molar-refractivity contribution in [3.63, 3.8) is 0 Å². The van der Waals surface area contributed by atoms with E-state index in [2.05, 4.69) is 23.7 Å². The molecule has 0 saturated heterocycles. The number of aliphatic hydroxyl groups excluding tert-OH is 1. The minimum absolute atomic E-state index is 0.177. The minimum Gasteiger partial charge on any atom is -0.395 e. The van der Waals surface area contributed by atoms with E-state index in [4.69, 9.17) is 16.7 Å². The Morgan fingerprint density at radius 2 is 2.00 bits per heavy atom. The average Bonchev–Trinajstić information content (AvgIpc) is 2.30. The number of rotatable bonds is 4. The highest BCUT2D eigenvalue weighted by molar-refractivity contribution is 6.30. The van der Waals surface area contributed by atoms with E-state index < -0.39 is 0 Å². The molecule has 0 heterocycles. The van der Waals surface area contributed by atoms with Gasteiger partial charge in [0.05, 0.1) is 13.2 Å². The van der Waals surface area contributed by atoms with Crippen LogP contribution in [0.1, 0.15) is 12.5 Å². The van der Waals surface area contributed by atoms with E-state index in [9.17, 15) is 0 Å². The number of hydrogen-bond donors (Lipinski definition) is 1. The summed E-state index contributed by atoms with van der Waals surface area (Å²) in [5, 5.41) is 9.53. The van der Waals surface area contributed by atoms with Crippen molar-refractivity contribution in [3.8, 4) is 11.8 Å². The van der Waals surface area contributed by atoms with Crippen molar-refractivity contribution in [2.24, 2.45) is 0 Å². The second-order valence-corrected chi connectivity index (χ2v) is 3.84. The fourth-order valence-corrected chi connectivity index (χ4v) is 1.40. The molecule has 0 amide bonds. The van der Waals surface area contributed by atoms with Crippen LogP contribution >= 0.6 is 11.6 Å². The summed E-state index contributed by atoms with van der Waals surface area (Å²) in [5.74, 6) is 6.14. The number of hydrogen-bond acceptors (Lipinski definition) is 2. The first-order valence-corrected chi connectivity index (χ1v) is 5.71. The highest BCUT2D eigenvalue weighted by Crippen LogP contribution is 2.08. The largest absolute Gasteiger partial charge is 0.395 e. The van der Waals surface area contributed by atoms with Gasteiger partial charge in [0.2, 0.25) is 0 Å². The molecule has 0 radical (unpaired) electrons. The van der Waals surface area contributed by atoms with Gasteiger partial charge < -0.3 is 5.11 Å². The molecular formula is C13H16ClNO. The van der Waals surface area contributed by atoms with Gasteiger partial charge in [-0.05, 0) is 30.8 Å². The minimum atomic E-state index is 0.177. The summed E-state index contributed by atoms with van der Waals surface area (Å²) in [6.07, 6.45) is 0. The second kappa shape index (κ2) is 7.29. The molecule has 16 heavy (non-hydrogen) atoms.